The number of aryl methyl sites for hydroxylation is 1. The third kappa shape index (κ3) is 4.14. The zero-order valence-electron chi connectivity index (χ0n) is 20.1. The number of aromatic nitrogens is 2. The number of carbonyl (C=O) groups excluding carboxylic acids is 1. The molecule has 5 heteroatoms. The predicted molar refractivity (Wildman–Crippen MR) is 132 cm³/mol. The SMILES string of the molecule is COC(=O)N1CCc2ccc3c(nc(C4CCCCC4)n3C(C)Cc3ccccc3C)c2C1. The van der Waals surface area contributed by atoms with Crippen LogP contribution in [0.1, 0.15) is 79.1 Å². The van der Waals surface area contributed by atoms with Crippen molar-refractivity contribution >= 4 is 17.1 Å². The lowest BCUT2D eigenvalue weighted by Gasteiger charge is -2.28. The van der Waals surface area contributed by atoms with Crippen molar-refractivity contribution in [3.05, 3.63) is 64.5 Å². The molecule has 0 N–H and O–H groups in total. The van der Waals surface area contributed by atoms with Gasteiger partial charge < -0.3 is 14.2 Å². The third-order valence-corrected chi connectivity index (χ3v) is 7.71. The van der Waals surface area contributed by atoms with Crippen molar-refractivity contribution < 1.29 is 9.53 Å². The van der Waals surface area contributed by atoms with E-state index in [4.69, 9.17) is 9.72 Å². The summed E-state index contributed by atoms with van der Waals surface area (Å²) < 4.78 is 7.54. The molecule has 33 heavy (non-hydrogen) atoms. The van der Waals surface area contributed by atoms with Gasteiger partial charge >= 0.3 is 6.09 Å². The highest BCUT2D eigenvalue weighted by atomic mass is 16.5. The molecule has 1 fully saturated rings. The van der Waals surface area contributed by atoms with Crippen molar-refractivity contribution in [1.82, 2.24) is 14.5 Å². The molecular weight excluding hydrogens is 410 g/mol. The molecule has 1 aromatic heterocycles. The second kappa shape index (κ2) is 9.20. The number of rotatable bonds is 4. The molecule has 1 amide bonds. The molecule has 174 valence electrons. The summed E-state index contributed by atoms with van der Waals surface area (Å²) in [5.74, 6) is 1.76. The molecule has 1 aliphatic carbocycles. The van der Waals surface area contributed by atoms with Gasteiger partial charge in [-0.15, -0.1) is 0 Å². The zero-order valence-corrected chi connectivity index (χ0v) is 20.1. The van der Waals surface area contributed by atoms with E-state index in [1.54, 1.807) is 4.90 Å². The maximum absolute atomic E-state index is 12.3. The highest BCUT2D eigenvalue weighted by Gasteiger charge is 2.29. The second-order valence-corrected chi connectivity index (χ2v) is 9.87. The molecule has 2 aliphatic rings. The highest BCUT2D eigenvalue weighted by molar-refractivity contribution is 5.82. The first-order valence-corrected chi connectivity index (χ1v) is 12.5. The maximum atomic E-state index is 12.3. The van der Waals surface area contributed by atoms with Gasteiger partial charge in [-0.1, -0.05) is 49.6 Å². The van der Waals surface area contributed by atoms with Crippen molar-refractivity contribution in [1.29, 1.82) is 0 Å². The molecule has 0 bridgehead atoms. The van der Waals surface area contributed by atoms with Crippen LogP contribution >= 0.6 is 0 Å². The Morgan fingerprint density at radius 2 is 1.94 bits per heavy atom. The quantitative estimate of drug-likeness (QED) is 0.472. The van der Waals surface area contributed by atoms with E-state index in [0.29, 0.717) is 25.0 Å². The van der Waals surface area contributed by atoms with Crippen molar-refractivity contribution in [3.63, 3.8) is 0 Å². The summed E-state index contributed by atoms with van der Waals surface area (Å²) in [7, 11) is 1.46. The molecule has 2 aromatic carbocycles. The number of ether oxygens (including phenoxy) is 1. The Balaban J connectivity index is 1.60. The van der Waals surface area contributed by atoms with Gasteiger partial charge in [-0.3, -0.25) is 0 Å². The van der Waals surface area contributed by atoms with Crippen molar-refractivity contribution in [2.75, 3.05) is 13.7 Å². The van der Waals surface area contributed by atoms with Crippen LogP contribution in [0.2, 0.25) is 0 Å². The first-order chi connectivity index (χ1) is 16.1. The lowest BCUT2D eigenvalue weighted by atomic mass is 9.88. The average Bonchev–Trinajstić information content (AvgIpc) is 3.25. The van der Waals surface area contributed by atoms with Crippen molar-refractivity contribution in [3.8, 4) is 0 Å². The topological polar surface area (TPSA) is 47.4 Å². The Labute approximate surface area is 196 Å². The van der Waals surface area contributed by atoms with E-state index in [1.807, 2.05) is 0 Å². The standard InChI is InChI=1S/C28H35N3O2/c1-19-9-7-8-12-23(19)17-20(2)31-25-14-13-21-15-16-30(28(32)33-3)18-24(21)26(25)29-27(31)22-10-5-4-6-11-22/h7-9,12-14,20,22H,4-6,10-11,15-18H2,1-3H3. The van der Waals surface area contributed by atoms with Crippen LogP contribution in [0.3, 0.4) is 0 Å². The van der Waals surface area contributed by atoms with E-state index in [-0.39, 0.29) is 6.09 Å². The van der Waals surface area contributed by atoms with Crippen LogP contribution in [-0.4, -0.2) is 34.2 Å². The van der Waals surface area contributed by atoms with Gasteiger partial charge in [0.05, 0.1) is 24.7 Å². The van der Waals surface area contributed by atoms with Crippen molar-refractivity contribution in [2.24, 2.45) is 0 Å². The van der Waals surface area contributed by atoms with Crippen LogP contribution in [0.25, 0.3) is 11.0 Å². The second-order valence-electron chi connectivity index (χ2n) is 9.87. The van der Waals surface area contributed by atoms with Gasteiger partial charge in [0.15, 0.2) is 0 Å². The smallest absolute Gasteiger partial charge is 0.409 e. The summed E-state index contributed by atoms with van der Waals surface area (Å²) in [4.78, 5) is 19.4. The molecule has 1 atom stereocenters. The van der Waals surface area contributed by atoms with Crippen molar-refractivity contribution in [2.45, 2.75) is 77.3 Å². The molecule has 2 heterocycles. The fourth-order valence-electron chi connectivity index (χ4n) is 5.86. The Hall–Kier alpha value is -2.82. The number of carbonyl (C=O) groups is 1. The highest BCUT2D eigenvalue weighted by Crippen LogP contribution is 2.38. The van der Waals surface area contributed by atoms with Gasteiger partial charge in [0, 0.05) is 24.1 Å². The molecule has 0 radical (unpaired) electrons. The number of benzene rings is 2. The van der Waals surface area contributed by atoms with Gasteiger partial charge in [0.2, 0.25) is 0 Å². The third-order valence-electron chi connectivity index (χ3n) is 7.71. The number of imidazole rings is 1. The molecule has 0 spiro atoms. The van der Waals surface area contributed by atoms with Gasteiger partial charge in [-0.05, 0) is 62.3 Å². The van der Waals surface area contributed by atoms with E-state index in [0.717, 1.165) is 18.4 Å². The monoisotopic (exact) mass is 445 g/mol. The largest absolute Gasteiger partial charge is 0.453 e. The normalized spacial score (nSPS) is 17.7. The van der Waals surface area contributed by atoms with Gasteiger partial charge in [-0.25, -0.2) is 9.78 Å². The average molecular weight is 446 g/mol. The minimum absolute atomic E-state index is 0.252. The van der Waals surface area contributed by atoms with Crippen LogP contribution in [0.5, 0.6) is 0 Å². The Kier molecular flexibility index (Phi) is 6.13. The van der Waals surface area contributed by atoms with Gasteiger partial charge in [-0.2, -0.15) is 0 Å². The molecule has 1 unspecified atom stereocenters. The van der Waals surface area contributed by atoms with Crippen LogP contribution in [0.15, 0.2) is 36.4 Å². The van der Waals surface area contributed by atoms with E-state index >= 15 is 0 Å². The molecule has 3 aromatic rings. The zero-order chi connectivity index (χ0) is 22.9. The number of hydrogen-bond acceptors (Lipinski definition) is 3. The van der Waals surface area contributed by atoms with E-state index < -0.39 is 0 Å². The minimum atomic E-state index is -0.252. The number of amides is 1. The van der Waals surface area contributed by atoms with Crippen LogP contribution in [-0.2, 0) is 24.1 Å². The van der Waals surface area contributed by atoms with E-state index in [9.17, 15) is 4.79 Å². The predicted octanol–water partition coefficient (Wildman–Crippen LogP) is 6.32. The fourth-order valence-corrected chi connectivity index (χ4v) is 5.86. The summed E-state index contributed by atoms with van der Waals surface area (Å²) in [6, 6.07) is 13.6. The fraction of sp³-hybridized carbons (Fsp3) is 0.500. The Bertz CT molecular complexity index is 1160. The minimum Gasteiger partial charge on any atom is -0.453 e. The van der Waals surface area contributed by atoms with Gasteiger partial charge in [0.25, 0.3) is 0 Å². The first-order valence-electron chi connectivity index (χ1n) is 12.5. The molecule has 1 saturated carbocycles. The lowest BCUT2D eigenvalue weighted by Crippen LogP contribution is -2.35. The van der Waals surface area contributed by atoms with E-state index in [1.165, 1.54) is 72.8 Å². The lowest BCUT2D eigenvalue weighted by molar-refractivity contribution is 0.119. The number of hydrogen-bond donors (Lipinski definition) is 0. The summed E-state index contributed by atoms with van der Waals surface area (Å²) in [6.45, 7) is 5.81. The van der Waals surface area contributed by atoms with Gasteiger partial charge in [0.1, 0.15) is 5.82 Å². The number of nitrogens with zero attached hydrogens (tertiary/aromatic N) is 3. The molecule has 0 saturated heterocycles. The summed E-state index contributed by atoms with van der Waals surface area (Å²) in [5, 5.41) is 0. The molecule has 5 nitrogen and oxygen atoms in total. The number of methoxy groups -OCH3 is 1. The number of fused-ring (bicyclic) bond motifs is 3. The first kappa shape index (κ1) is 22.0. The van der Waals surface area contributed by atoms with Crippen LogP contribution in [0.4, 0.5) is 4.79 Å². The van der Waals surface area contributed by atoms with Crippen LogP contribution in [0, 0.1) is 6.92 Å². The van der Waals surface area contributed by atoms with E-state index in [2.05, 4.69) is 54.8 Å². The summed E-state index contributed by atoms with van der Waals surface area (Å²) in [6.07, 6.45) is 7.93. The molecule has 1 aliphatic heterocycles. The molecule has 5 rings (SSSR count). The Morgan fingerprint density at radius 1 is 1.15 bits per heavy atom. The maximum Gasteiger partial charge on any atom is 0.409 e. The van der Waals surface area contributed by atoms with Crippen LogP contribution < -0.4 is 0 Å². The molecular formula is C28H35N3O2. The summed E-state index contributed by atoms with van der Waals surface area (Å²) in [5.41, 5.74) is 7.55. The summed E-state index contributed by atoms with van der Waals surface area (Å²) >= 11 is 0. The Morgan fingerprint density at radius 3 is 2.70 bits per heavy atom.